The van der Waals surface area contributed by atoms with Crippen LogP contribution in [0.2, 0.25) is 5.02 Å². The van der Waals surface area contributed by atoms with E-state index in [1.54, 1.807) is 31.3 Å². The maximum Gasteiger partial charge on any atom is 0.259 e. The van der Waals surface area contributed by atoms with Crippen molar-refractivity contribution in [1.29, 1.82) is 0 Å². The van der Waals surface area contributed by atoms with Crippen molar-refractivity contribution < 1.29 is 9.59 Å². The summed E-state index contributed by atoms with van der Waals surface area (Å²) in [7, 11) is 0. The highest BCUT2D eigenvalue weighted by atomic mass is 35.5. The summed E-state index contributed by atoms with van der Waals surface area (Å²) in [4.78, 5) is 24.5. The minimum absolute atomic E-state index is 0.111. The minimum atomic E-state index is -0.290. The molecule has 1 heterocycles. The molecule has 0 aliphatic heterocycles. The fourth-order valence-corrected chi connectivity index (χ4v) is 3.17. The normalized spacial score (nSPS) is 10.6. The second kappa shape index (κ2) is 9.39. The van der Waals surface area contributed by atoms with Crippen molar-refractivity contribution in [3.05, 3.63) is 76.6 Å². The Bertz CT molecular complexity index is 1010. The molecule has 0 bridgehead atoms. The van der Waals surface area contributed by atoms with Gasteiger partial charge < -0.3 is 10.6 Å². The molecule has 2 amide bonds. The van der Waals surface area contributed by atoms with Gasteiger partial charge in [-0.2, -0.15) is 5.10 Å². The predicted molar refractivity (Wildman–Crippen MR) is 115 cm³/mol. The average Bonchev–Trinajstić information content (AvgIpc) is 3.13. The van der Waals surface area contributed by atoms with Crippen molar-refractivity contribution in [2.45, 2.75) is 33.2 Å². The Morgan fingerprint density at radius 1 is 1.07 bits per heavy atom. The number of anilines is 2. The summed E-state index contributed by atoms with van der Waals surface area (Å²) in [6.07, 6.45) is 2.61. The Kier molecular flexibility index (Phi) is 6.67. The fraction of sp³-hybridized carbons (Fsp3) is 0.227. The number of carbonyl (C=O) groups excluding carboxylic acids is 2. The van der Waals surface area contributed by atoms with E-state index in [0.29, 0.717) is 41.3 Å². The Hall–Kier alpha value is -3.12. The van der Waals surface area contributed by atoms with E-state index < -0.39 is 0 Å². The van der Waals surface area contributed by atoms with Crippen LogP contribution in [-0.4, -0.2) is 21.6 Å². The standard InChI is InChI=1S/C22H23ClN4O2/c1-3-20-17(13-24-27(20)14-15-8-6-5-7-9-15)22(29)26-19-12-16(10-11-18(19)23)25-21(28)4-2/h5-13H,3-4,14H2,1-2H3,(H,25,28)(H,26,29). The third-order valence-electron chi connectivity index (χ3n) is 4.52. The van der Waals surface area contributed by atoms with E-state index in [1.807, 2.05) is 41.9 Å². The van der Waals surface area contributed by atoms with Gasteiger partial charge in [0.15, 0.2) is 0 Å². The van der Waals surface area contributed by atoms with Crippen LogP contribution in [0.5, 0.6) is 0 Å². The predicted octanol–water partition coefficient (Wildman–Crippen LogP) is 4.75. The number of nitrogens with one attached hydrogen (secondary N) is 2. The van der Waals surface area contributed by atoms with E-state index in [-0.39, 0.29) is 11.8 Å². The second-order valence-electron chi connectivity index (χ2n) is 6.55. The first-order chi connectivity index (χ1) is 14.0. The first-order valence-electron chi connectivity index (χ1n) is 9.51. The number of nitrogens with zero attached hydrogens (tertiary/aromatic N) is 2. The van der Waals surface area contributed by atoms with Gasteiger partial charge in [0, 0.05) is 12.1 Å². The van der Waals surface area contributed by atoms with E-state index in [1.165, 1.54) is 0 Å². The number of carbonyl (C=O) groups is 2. The molecule has 0 radical (unpaired) electrons. The fourth-order valence-electron chi connectivity index (χ4n) is 3.00. The average molecular weight is 411 g/mol. The lowest BCUT2D eigenvalue weighted by molar-refractivity contribution is -0.115. The van der Waals surface area contributed by atoms with Crippen molar-refractivity contribution in [3.63, 3.8) is 0 Å². The van der Waals surface area contributed by atoms with Gasteiger partial charge in [-0.15, -0.1) is 0 Å². The molecule has 0 aliphatic rings. The molecule has 0 spiro atoms. The van der Waals surface area contributed by atoms with Crippen molar-refractivity contribution in [2.75, 3.05) is 10.6 Å². The van der Waals surface area contributed by atoms with Crippen molar-refractivity contribution >= 4 is 34.8 Å². The molecule has 0 unspecified atom stereocenters. The molecular weight excluding hydrogens is 388 g/mol. The van der Waals surface area contributed by atoms with Gasteiger partial charge in [0.2, 0.25) is 5.91 Å². The number of aromatic nitrogens is 2. The molecule has 0 saturated carbocycles. The molecule has 6 nitrogen and oxygen atoms in total. The monoisotopic (exact) mass is 410 g/mol. The first kappa shape index (κ1) is 20.6. The van der Waals surface area contributed by atoms with Crippen molar-refractivity contribution in [1.82, 2.24) is 9.78 Å². The summed E-state index contributed by atoms with van der Waals surface area (Å²) in [6.45, 7) is 4.35. The van der Waals surface area contributed by atoms with Gasteiger partial charge in [-0.3, -0.25) is 14.3 Å². The Balaban J connectivity index is 1.81. The number of hydrogen-bond donors (Lipinski definition) is 2. The largest absolute Gasteiger partial charge is 0.326 e. The molecule has 3 rings (SSSR count). The van der Waals surface area contributed by atoms with Gasteiger partial charge in [-0.25, -0.2) is 0 Å². The SMILES string of the molecule is CCC(=O)Nc1ccc(Cl)c(NC(=O)c2cnn(Cc3ccccc3)c2CC)c1. The van der Waals surface area contributed by atoms with Crippen LogP contribution in [0.4, 0.5) is 11.4 Å². The highest BCUT2D eigenvalue weighted by molar-refractivity contribution is 6.34. The molecule has 2 aromatic carbocycles. The van der Waals surface area contributed by atoms with Crippen LogP contribution in [0.25, 0.3) is 0 Å². The molecule has 0 atom stereocenters. The first-order valence-corrected chi connectivity index (χ1v) is 9.89. The van der Waals surface area contributed by atoms with E-state index >= 15 is 0 Å². The zero-order chi connectivity index (χ0) is 20.8. The van der Waals surface area contributed by atoms with Crippen LogP contribution in [0.1, 0.15) is 41.9 Å². The van der Waals surface area contributed by atoms with Gasteiger partial charge in [-0.1, -0.05) is 55.8 Å². The lowest BCUT2D eigenvalue weighted by atomic mass is 10.1. The van der Waals surface area contributed by atoms with Crippen molar-refractivity contribution in [2.24, 2.45) is 0 Å². The number of hydrogen-bond acceptors (Lipinski definition) is 3. The summed E-state index contributed by atoms with van der Waals surface area (Å²) in [5, 5.41) is 10.4. The molecule has 3 aromatic rings. The summed E-state index contributed by atoms with van der Waals surface area (Å²) < 4.78 is 1.84. The van der Waals surface area contributed by atoms with E-state index in [9.17, 15) is 9.59 Å². The van der Waals surface area contributed by atoms with Crippen LogP contribution in [0.15, 0.2) is 54.7 Å². The van der Waals surface area contributed by atoms with Gasteiger partial charge in [0.05, 0.1) is 34.7 Å². The van der Waals surface area contributed by atoms with E-state index in [4.69, 9.17) is 11.6 Å². The number of rotatable bonds is 7. The summed E-state index contributed by atoms with van der Waals surface area (Å²) >= 11 is 6.24. The third kappa shape index (κ3) is 5.03. The summed E-state index contributed by atoms with van der Waals surface area (Å²) in [5.74, 6) is -0.401. The number of amides is 2. The Morgan fingerprint density at radius 3 is 2.52 bits per heavy atom. The van der Waals surface area contributed by atoms with Crippen LogP contribution >= 0.6 is 11.6 Å². The van der Waals surface area contributed by atoms with Crippen LogP contribution in [0.3, 0.4) is 0 Å². The Morgan fingerprint density at radius 2 is 1.83 bits per heavy atom. The Labute approximate surface area is 174 Å². The molecule has 150 valence electrons. The maximum absolute atomic E-state index is 12.9. The van der Waals surface area contributed by atoms with E-state index in [0.717, 1.165) is 11.3 Å². The van der Waals surface area contributed by atoms with Gasteiger partial charge >= 0.3 is 0 Å². The molecule has 0 saturated heterocycles. The molecular formula is C22H23ClN4O2. The molecule has 29 heavy (non-hydrogen) atoms. The third-order valence-corrected chi connectivity index (χ3v) is 4.85. The molecule has 7 heteroatoms. The highest BCUT2D eigenvalue weighted by Crippen LogP contribution is 2.26. The quantitative estimate of drug-likeness (QED) is 0.590. The van der Waals surface area contributed by atoms with E-state index in [2.05, 4.69) is 15.7 Å². The summed E-state index contributed by atoms with van der Waals surface area (Å²) in [6, 6.07) is 15.0. The highest BCUT2D eigenvalue weighted by Gasteiger charge is 2.18. The zero-order valence-electron chi connectivity index (χ0n) is 16.4. The van der Waals surface area contributed by atoms with Crippen LogP contribution in [-0.2, 0) is 17.8 Å². The van der Waals surface area contributed by atoms with Crippen LogP contribution < -0.4 is 10.6 Å². The number of benzene rings is 2. The summed E-state index contributed by atoms with van der Waals surface area (Å²) in [5.41, 5.74) is 3.47. The number of halogens is 1. The molecule has 0 fully saturated rings. The maximum atomic E-state index is 12.9. The van der Waals surface area contributed by atoms with Crippen LogP contribution in [0, 0.1) is 0 Å². The lowest BCUT2D eigenvalue weighted by Crippen LogP contribution is -2.16. The van der Waals surface area contributed by atoms with Gasteiger partial charge in [0.1, 0.15) is 0 Å². The lowest BCUT2D eigenvalue weighted by Gasteiger charge is -2.11. The molecule has 2 N–H and O–H groups in total. The molecule has 1 aromatic heterocycles. The van der Waals surface area contributed by atoms with Gasteiger partial charge in [0.25, 0.3) is 5.91 Å². The zero-order valence-corrected chi connectivity index (χ0v) is 17.2. The van der Waals surface area contributed by atoms with Gasteiger partial charge in [-0.05, 0) is 30.2 Å². The van der Waals surface area contributed by atoms with Crippen molar-refractivity contribution in [3.8, 4) is 0 Å². The molecule has 0 aliphatic carbocycles. The smallest absolute Gasteiger partial charge is 0.259 e. The minimum Gasteiger partial charge on any atom is -0.326 e. The topological polar surface area (TPSA) is 76.0 Å². The second-order valence-corrected chi connectivity index (χ2v) is 6.96.